The van der Waals surface area contributed by atoms with Crippen molar-refractivity contribution in [1.82, 2.24) is 9.88 Å². The minimum Gasteiger partial charge on any atom is -0.505 e. The van der Waals surface area contributed by atoms with Crippen molar-refractivity contribution >= 4 is 34.3 Å². The smallest absolute Gasteiger partial charge is 0.262 e. The van der Waals surface area contributed by atoms with Crippen LogP contribution in [0.25, 0.3) is 10.9 Å². The maximum Gasteiger partial charge on any atom is 0.262 e. The lowest BCUT2D eigenvalue weighted by atomic mass is 10.1. The fourth-order valence-corrected chi connectivity index (χ4v) is 3.48. The highest BCUT2D eigenvalue weighted by Gasteiger charge is 2.24. The van der Waals surface area contributed by atoms with Crippen LogP contribution in [-0.4, -0.2) is 28.0 Å². The number of hydrogen-bond acceptors (Lipinski definition) is 3. The highest BCUT2D eigenvalue weighted by atomic mass is 35.5. The summed E-state index contributed by atoms with van der Waals surface area (Å²) >= 11 is 5.90. The minimum absolute atomic E-state index is 0.0791. The van der Waals surface area contributed by atoms with Crippen molar-refractivity contribution in [2.24, 2.45) is 0 Å². The second-order valence-electron chi connectivity index (χ2n) is 6.88. The van der Waals surface area contributed by atoms with Crippen molar-refractivity contribution < 1.29 is 19.1 Å². The molecule has 1 aromatic heterocycles. The Morgan fingerprint density at radius 1 is 1.17 bits per heavy atom. The first-order chi connectivity index (χ1) is 13.8. The molecule has 1 heterocycles. The molecular weight excluding hydrogens is 395 g/mol. The van der Waals surface area contributed by atoms with Gasteiger partial charge in [-0.15, -0.1) is 0 Å². The van der Waals surface area contributed by atoms with Crippen molar-refractivity contribution in [2.75, 3.05) is 6.54 Å². The molecule has 7 heteroatoms. The summed E-state index contributed by atoms with van der Waals surface area (Å²) in [5.74, 6) is -2.00. The molecule has 5 nitrogen and oxygen atoms in total. The van der Waals surface area contributed by atoms with Gasteiger partial charge in [0.25, 0.3) is 5.91 Å². The Labute approximate surface area is 173 Å². The monoisotopic (exact) mass is 416 g/mol. The number of carbonyl (C=O) groups is 2. The van der Waals surface area contributed by atoms with Gasteiger partial charge in [0.2, 0.25) is 5.91 Å². The van der Waals surface area contributed by atoms with Gasteiger partial charge < -0.3 is 10.4 Å². The van der Waals surface area contributed by atoms with E-state index in [4.69, 9.17) is 11.6 Å². The molecule has 0 aliphatic carbocycles. The molecule has 0 saturated carbocycles. The fraction of sp³-hybridized carbons (Fsp3) is 0.273. The average molecular weight is 417 g/mol. The molecule has 0 spiro atoms. The Morgan fingerprint density at radius 2 is 1.86 bits per heavy atom. The number of unbranched alkanes of at least 4 members (excludes halogenated alkanes) is 1. The molecule has 0 fully saturated rings. The van der Waals surface area contributed by atoms with Crippen LogP contribution in [0.15, 0.2) is 36.4 Å². The number of amides is 1. The average Bonchev–Trinajstić information content (AvgIpc) is 2.97. The molecule has 3 aromatic rings. The third kappa shape index (κ3) is 4.12. The number of hydrogen-bond donors (Lipinski definition) is 2. The second kappa shape index (κ2) is 8.66. The predicted molar refractivity (Wildman–Crippen MR) is 111 cm³/mol. The van der Waals surface area contributed by atoms with E-state index in [1.807, 2.05) is 6.92 Å². The Bertz CT molecular complexity index is 1070. The first kappa shape index (κ1) is 20.9. The molecule has 0 saturated heterocycles. The first-order valence-electron chi connectivity index (χ1n) is 9.43. The Hall–Kier alpha value is -2.86. The molecule has 1 amide bonds. The number of fused-ring (bicyclic) bond motifs is 1. The van der Waals surface area contributed by atoms with Crippen LogP contribution in [0, 0.1) is 12.7 Å². The highest BCUT2D eigenvalue weighted by Crippen LogP contribution is 2.33. The summed E-state index contributed by atoms with van der Waals surface area (Å²) in [6, 6.07) is 9.06. The Balaban J connectivity index is 2.10. The van der Waals surface area contributed by atoms with Crippen LogP contribution >= 0.6 is 11.6 Å². The molecule has 0 atom stereocenters. The van der Waals surface area contributed by atoms with Gasteiger partial charge in [0.1, 0.15) is 0 Å². The van der Waals surface area contributed by atoms with Crippen LogP contribution in [0.5, 0.6) is 5.75 Å². The number of phenolic OH excluding ortho intramolecular Hbond substituents is 1. The number of aromatic nitrogens is 1. The van der Waals surface area contributed by atoms with Gasteiger partial charge in [-0.3, -0.25) is 14.2 Å². The van der Waals surface area contributed by atoms with E-state index in [1.165, 1.54) is 16.7 Å². The van der Waals surface area contributed by atoms with Crippen LogP contribution in [0.4, 0.5) is 4.39 Å². The maximum atomic E-state index is 14.8. The molecule has 2 N–H and O–H groups in total. The van der Waals surface area contributed by atoms with Crippen LogP contribution in [-0.2, 0) is 11.2 Å². The summed E-state index contributed by atoms with van der Waals surface area (Å²) < 4.78 is 16.2. The van der Waals surface area contributed by atoms with Crippen molar-refractivity contribution in [1.29, 1.82) is 0 Å². The number of rotatable bonds is 6. The summed E-state index contributed by atoms with van der Waals surface area (Å²) in [6.07, 6.45) is 1.70. The van der Waals surface area contributed by atoms with E-state index in [1.54, 1.807) is 31.2 Å². The van der Waals surface area contributed by atoms with E-state index < -0.39 is 11.6 Å². The zero-order valence-electron chi connectivity index (χ0n) is 16.3. The lowest BCUT2D eigenvalue weighted by Crippen LogP contribution is -2.26. The third-order valence-electron chi connectivity index (χ3n) is 4.90. The Morgan fingerprint density at radius 3 is 2.52 bits per heavy atom. The largest absolute Gasteiger partial charge is 0.505 e. The molecule has 152 valence electrons. The molecule has 2 aromatic carbocycles. The van der Waals surface area contributed by atoms with Crippen LogP contribution < -0.4 is 5.32 Å². The summed E-state index contributed by atoms with van der Waals surface area (Å²) in [5.41, 5.74) is 1.51. The number of carbonyl (C=O) groups excluding carboxylic acids is 2. The zero-order chi connectivity index (χ0) is 21.1. The van der Waals surface area contributed by atoms with Gasteiger partial charge in [-0.05, 0) is 55.3 Å². The quantitative estimate of drug-likeness (QED) is 0.577. The molecular formula is C22H22ClFN2O3. The number of nitrogens with zero attached hydrogens (tertiary/aromatic N) is 1. The molecule has 0 aliphatic rings. The van der Waals surface area contributed by atoms with Gasteiger partial charge in [0, 0.05) is 28.2 Å². The van der Waals surface area contributed by atoms with Crippen molar-refractivity contribution in [3.63, 3.8) is 0 Å². The normalized spacial score (nSPS) is 11.0. The van der Waals surface area contributed by atoms with E-state index in [0.29, 0.717) is 33.9 Å². The van der Waals surface area contributed by atoms with E-state index in [2.05, 4.69) is 5.32 Å². The minimum atomic E-state index is -0.843. The van der Waals surface area contributed by atoms with Crippen LogP contribution in [0.3, 0.4) is 0 Å². The molecule has 0 bridgehead atoms. The standard InChI is InChI=1S/C22H22ClFN2O3/c1-3-4-11-25-19(28)12-16-13(2)26(17-9-10-18(27)21(24)20(16)17)22(29)14-5-7-15(23)8-6-14/h5-10,27H,3-4,11-12H2,1-2H3,(H,25,28). The molecule has 0 aliphatic heterocycles. The maximum absolute atomic E-state index is 14.8. The number of aromatic hydroxyl groups is 1. The molecule has 0 radical (unpaired) electrons. The summed E-state index contributed by atoms with van der Waals surface area (Å²) in [6.45, 7) is 4.22. The van der Waals surface area contributed by atoms with E-state index in [0.717, 1.165) is 12.8 Å². The van der Waals surface area contributed by atoms with Gasteiger partial charge in [-0.1, -0.05) is 24.9 Å². The van der Waals surface area contributed by atoms with Crippen molar-refractivity contribution in [3.05, 3.63) is 64.1 Å². The van der Waals surface area contributed by atoms with Gasteiger partial charge in [0.05, 0.1) is 11.9 Å². The second-order valence-corrected chi connectivity index (χ2v) is 7.32. The Kier molecular flexibility index (Phi) is 6.23. The van der Waals surface area contributed by atoms with E-state index in [-0.39, 0.29) is 23.6 Å². The van der Waals surface area contributed by atoms with Gasteiger partial charge in [-0.2, -0.15) is 0 Å². The number of phenols is 1. The van der Waals surface area contributed by atoms with Gasteiger partial charge >= 0.3 is 0 Å². The third-order valence-corrected chi connectivity index (χ3v) is 5.15. The lowest BCUT2D eigenvalue weighted by molar-refractivity contribution is -0.120. The number of halogens is 2. The van der Waals surface area contributed by atoms with Gasteiger partial charge in [0.15, 0.2) is 11.6 Å². The van der Waals surface area contributed by atoms with Gasteiger partial charge in [-0.25, -0.2) is 4.39 Å². The summed E-state index contributed by atoms with van der Waals surface area (Å²) in [7, 11) is 0. The topological polar surface area (TPSA) is 71.3 Å². The number of benzene rings is 2. The van der Waals surface area contributed by atoms with Crippen LogP contribution in [0.2, 0.25) is 5.02 Å². The summed E-state index contributed by atoms with van der Waals surface area (Å²) in [5, 5.41) is 13.2. The highest BCUT2D eigenvalue weighted by molar-refractivity contribution is 6.30. The zero-order valence-corrected chi connectivity index (χ0v) is 17.0. The summed E-state index contributed by atoms with van der Waals surface area (Å²) in [4.78, 5) is 25.5. The fourth-order valence-electron chi connectivity index (χ4n) is 3.35. The van der Waals surface area contributed by atoms with Crippen molar-refractivity contribution in [3.8, 4) is 5.75 Å². The lowest BCUT2D eigenvalue weighted by Gasteiger charge is -2.08. The SMILES string of the molecule is CCCCNC(=O)Cc1c(C)n(C(=O)c2ccc(Cl)cc2)c2ccc(O)c(F)c12. The molecule has 29 heavy (non-hydrogen) atoms. The molecule has 3 rings (SSSR count). The molecule has 0 unspecified atom stereocenters. The number of nitrogens with one attached hydrogen (secondary N) is 1. The first-order valence-corrected chi connectivity index (χ1v) is 9.81. The van der Waals surface area contributed by atoms with E-state index >= 15 is 0 Å². The van der Waals surface area contributed by atoms with E-state index in [9.17, 15) is 19.1 Å². The van der Waals surface area contributed by atoms with Crippen molar-refractivity contribution in [2.45, 2.75) is 33.1 Å². The van der Waals surface area contributed by atoms with Crippen LogP contribution in [0.1, 0.15) is 41.4 Å². The predicted octanol–water partition coefficient (Wildman–Crippen LogP) is 4.60.